The van der Waals surface area contributed by atoms with Gasteiger partial charge in [0.25, 0.3) is 0 Å². The van der Waals surface area contributed by atoms with Gasteiger partial charge in [0.2, 0.25) is 0 Å². The number of rotatable bonds is 7. The molecule has 2 aliphatic rings. The number of hydrogen-bond acceptors (Lipinski definition) is 5. The van der Waals surface area contributed by atoms with E-state index in [1.807, 2.05) is 38.1 Å². The Bertz CT molecular complexity index is 931. The molecule has 0 aromatic heterocycles. The molecule has 0 amide bonds. The lowest BCUT2D eigenvalue weighted by Gasteiger charge is -2.47. The zero-order valence-electron chi connectivity index (χ0n) is 20.2. The van der Waals surface area contributed by atoms with E-state index in [0.717, 1.165) is 38.5 Å². The molecule has 178 valence electrons. The summed E-state index contributed by atoms with van der Waals surface area (Å²) < 4.78 is 23.8. The van der Waals surface area contributed by atoms with Crippen molar-refractivity contribution in [3.05, 3.63) is 59.7 Å². The lowest BCUT2D eigenvalue weighted by molar-refractivity contribution is -0.186. The van der Waals surface area contributed by atoms with Gasteiger partial charge in [-0.15, -0.1) is 0 Å². The molecule has 2 fully saturated rings. The van der Waals surface area contributed by atoms with Crippen molar-refractivity contribution in [2.45, 2.75) is 76.3 Å². The Morgan fingerprint density at radius 2 is 1.76 bits per heavy atom. The van der Waals surface area contributed by atoms with Crippen LogP contribution in [0.2, 0.25) is 0 Å². The van der Waals surface area contributed by atoms with Crippen molar-refractivity contribution in [3.63, 3.8) is 0 Å². The number of methoxy groups -OCH3 is 2. The summed E-state index contributed by atoms with van der Waals surface area (Å²) in [6, 6.07) is 15.9. The van der Waals surface area contributed by atoms with Gasteiger partial charge in [-0.05, 0) is 63.3 Å². The van der Waals surface area contributed by atoms with Gasteiger partial charge < -0.3 is 18.9 Å². The van der Waals surface area contributed by atoms with Gasteiger partial charge in [-0.1, -0.05) is 30.3 Å². The third-order valence-electron chi connectivity index (χ3n) is 7.05. The minimum absolute atomic E-state index is 0.00102. The van der Waals surface area contributed by atoms with Crippen molar-refractivity contribution in [2.75, 3.05) is 14.2 Å². The maximum Gasteiger partial charge on any atom is 0.166 e. The normalized spacial score (nSPS) is 27.5. The fraction of sp³-hybridized carbons (Fsp3) is 0.536. The maximum absolute atomic E-state index is 13.3. The van der Waals surface area contributed by atoms with Gasteiger partial charge in [-0.2, -0.15) is 0 Å². The Morgan fingerprint density at radius 1 is 1.03 bits per heavy atom. The van der Waals surface area contributed by atoms with Crippen molar-refractivity contribution >= 4 is 5.78 Å². The van der Waals surface area contributed by atoms with Gasteiger partial charge in [-0.3, -0.25) is 4.79 Å². The van der Waals surface area contributed by atoms with Crippen molar-refractivity contribution < 1.29 is 23.7 Å². The minimum Gasteiger partial charge on any atom is -0.493 e. The number of benzene rings is 2. The van der Waals surface area contributed by atoms with Crippen LogP contribution in [0.5, 0.6) is 11.5 Å². The lowest BCUT2D eigenvalue weighted by Crippen LogP contribution is -2.46. The van der Waals surface area contributed by atoms with E-state index < -0.39 is 0 Å². The minimum atomic E-state index is -0.219. The molecule has 2 atom stereocenters. The molecule has 5 heteroatoms. The van der Waals surface area contributed by atoms with Gasteiger partial charge in [-0.25, -0.2) is 0 Å². The average Bonchev–Trinajstić information content (AvgIpc) is 2.84. The molecule has 2 unspecified atom stereocenters. The first-order valence-corrected chi connectivity index (χ1v) is 12.1. The summed E-state index contributed by atoms with van der Waals surface area (Å²) in [6.07, 6.45) is 5.41. The molecule has 4 rings (SSSR count). The highest BCUT2D eigenvalue weighted by Crippen LogP contribution is 2.47. The first-order chi connectivity index (χ1) is 15.9. The summed E-state index contributed by atoms with van der Waals surface area (Å²) in [7, 11) is 3.40. The number of ketones is 1. The van der Waals surface area contributed by atoms with Crippen molar-refractivity contribution in [1.29, 1.82) is 0 Å². The molecule has 1 heterocycles. The summed E-state index contributed by atoms with van der Waals surface area (Å²) in [5, 5.41) is 0. The molecule has 1 aliphatic carbocycles. The standard InChI is InChI=1S/C28H36O5/c1-19(2)32-24-11-10-22(16-26(24)31-4)27(29)21-12-14-28(15-13-21)18-23(30-3)17-25(33-28)20-8-6-5-7-9-20/h5-11,16,19,21,23,25H,12-15,17-18H2,1-4H3. The second kappa shape index (κ2) is 10.3. The third-order valence-corrected chi connectivity index (χ3v) is 7.05. The Morgan fingerprint density at radius 3 is 2.39 bits per heavy atom. The molecule has 33 heavy (non-hydrogen) atoms. The van der Waals surface area contributed by atoms with Crippen LogP contribution < -0.4 is 9.47 Å². The van der Waals surface area contributed by atoms with E-state index in [2.05, 4.69) is 24.3 Å². The molecule has 0 N–H and O–H groups in total. The van der Waals surface area contributed by atoms with E-state index in [1.165, 1.54) is 5.56 Å². The first kappa shape index (κ1) is 23.8. The van der Waals surface area contributed by atoms with Gasteiger partial charge in [0.15, 0.2) is 17.3 Å². The van der Waals surface area contributed by atoms with Crippen LogP contribution in [0, 0.1) is 5.92 Å². The number of hydrogen-bond donors (Lipinski definition) is 0. The number of carbonyl (C=O) groups excluding carboxylic acids is 1. The van der Waals surface area contributed by atoms with E-state index in [-0.39, 0.29) is 35.6 Å². The summed E-state index contributed by atoms with van der Waals surface area (Å²) >= 11 is 0. The quantitative estimate of drug-likeness (QED) is 0.471. The fourth-order valence-corrected chi connectivity index (χ4v) is 5.32. The van der Waals surface area contributed by atoms with Gasteiger partial charge in [0.05, 0.1) is 31.0 Å². The molecule has 1 spiro atoms. The van der Waals surface area contributed by atoms with Gasteiger partial charge >= 0.3 is 0 Å². The second-order valence-electron chi connectivity index (χ2n) is 9.67. The fourth-order valence-electron chi connectivity index (χ4n) is 5.32. The number of Topliss-reactive ketones (excluding diaryl/α,β-unsaturated/α-hetero) is 1. The predicted octanol–water partition coefficient (Wildman–Crippen LogP) is 6.16. The molecule has 1 saturated carbocycles. The van der Waals surface area contributed by atoms with Gasteiger partial charge in [0, 0.05) is 31.4 Å². The maximum atomic E-state index is 13.3. The molecular formula is C28H36O5. The van der Waals surface area contributed by atoms with Crippen molar-refractivity contribution in [3.8, 4) is 11.5 Å². The topological polar surface area (TPSA) is 54.0 Å². The summed E-state index contributed by atoms with van der Waals surface area (Å²) in [5.41, 5.74) is 1.67. The Kier molecular flexibility index (Phi) is 7.40. The smallest absolute Gasteiger partial charge is 0.166 e. The Labute approximate surface area is 197 Å². The van der Waals surface area contributed by atoms with E-state index in [4.69, 9.17) is 18.9 Å². The molecule has 1 saturated heterocycles. The van der Waals surface area contributed by atoms with E-state index in [0.29, 0.717) is 17.1 Å². The third kappa shape index (κ3) is 5.42. The highest BCUT2D eigenvalue weighted by Gasteiger charge is 2.45. The van der Waals surface area contributed by atoms with Crippen LogP contribution in [0.25, 0.3) is 0 Å². The molecular weight excluding hydrogens is 416 g/mol. The Hall–Kier alpha value is -2.37. The van der Waals surface area contributed by atoms with Crippen LogP contribution in [0.4, 0.5) is 0 Å². The largest absolute Gasteiger partial charge is 0.493 e. The van der Waals surface area contributed by atoms with E-state index in [1.54, 1.807) is 14.2 Å². The average molecular weight is 453 g/mol. The number of ether oxygens (including phenoxy) is 4. The SMILES string of the molecule is COc1cc(C(=O)C2CCC3(CC2)CC(OC)CC(c2ccccc2)O3)ccc1OC(C)C. The van der Waals surface area contributed by atoms with Crippen molar-refractivity contribution in [2.24, 2.45) is 5.92 Å². The zero-order valence-corrected chi connectivity index (χ0v) is 20.2. The predicted molar refractivity (Wildman–Crippen MR) is 128 cm³/mol. The molecule has 0 bridgehead atoms. The lowest BCUT2D eigenvalue weighted by atomic mass is 9.72. The van der Waals surface area contributed by atoms with Crippen LogP contribution in [-0.4, -0.2) is 37.8 Å². The molecule has 2 aromatic rings. The van der Waals surface area contributed by atoms with Crippen LogP contribution in [0.1, 0.15) is 74.4 Å². The monoisotopic (exact) mass is 452 g/mol. The highest BCUT2D eigenvalue weighted by atomic mass is 16.5. The second-order valence-corrected chi connectivity index (χ2v) is 9.67. The van der Waals surface area contributed by atoms with Crippen LogP contribution >= 0.6 is 0 Å². The Balaban J connectivity index is 1.45. The van der Waals surface area contributed by atoms with Crippen molar-refractivity contribution in [1.82, 2.24) is 0 Å². The number of carbonyl (C=O) groups is 1. The highest BCUT2D eigenvalue weighted by molar-refractivity contribution is 5.98. The van der Waals surface area contributed by atoms with Crippen LogP contribution in [-0.2, 0) is 9.47 Å². The molecule has 0 radical (unpaired) electrons. The van der Waals surface area contributed by atoms with E-state index >= 15 is 0 Å². The van der Waals surface area contributed by atoms with Crippen LogP contribution in [0.3, 0.4) is 0 Å². The summed E-state index contributed by atoms with van der Waals surface area (Å²) in [6.45, 7) is 3.94. The summed E-state index contributed by atoms with van der Waals surface area (Å²) in [5.74, 6) is 1.45. The summed E-state index contributed by atoms with van der Waals surface area (Å²) in [4.78, 5) is 13.3. The molecule has 1 aliphatic heterocycles. The molecule has 2 aromatic carbocycles. The van der Waals surface area contributed by atoms with Crippen LogP contribution in [0.15, 0.2) is 48.5 Å². The van der Waals surface area contributed by atoms with E-state index in [9.17, 15) is 4.79 Å². The molecule has 5 nitrogen and oxygen atoms in total. The first-order valence-electron chi connectivity index (χ1n) is 12.1. The zero-order chi connectivity index (χ0) is 23.4. The van der Waals surface area contributed by atoms with Gasteiger partial charge in [0.1, 0.15) is 0 Å².